The molecule has 2 heteroatoms. The first-order valence-corrected chi connectivity index (χ1v) is 5.08. The quantitative estimate of drug-likeness (QED) is 0.625. The molecule has 14 heavy (non-hydrogen) atoms. The lowest BCUT2D eigenvalue weighted by Gasteiger charge is -2.24. The summed E-state index contributed by atoms with van der Waals surface area (Å²) in [4.78, 5) is 16.0. The number of carbonyl (C=O) groups excluding carboxylic acids is 1. The summed E-state index contributed by atoms with van der Waals surface area (Å²) in [6.45, 7) is 12.1. The third-order valence-corrected chi connectivity index (χ3v) is 2.30. The fraction of sp³-hybridized carbons (Fsp3) is 0.833. The Morgan fingerprint density at radius 1 is 1.00 bits per heavy atom. The van der Waals surface area contributed by atoms with Gasteiger partial charge >= 0.3 is 0 Å². The number of carbonyl (C=O) groups is 1. The van der Waals surface area contributed by atoms with Gasteiger partial charge in [0.05, 0.1) is 0 Å². The Labute approximate surface area is 87.8 Å². The van der Waals surface area contributed by atoms with E-state index in [4.69, 9.17) is 0 Å². The lowest BCUT2D eigenvalue weighted by molar-refractivity contribution is -0.125. The summed E-state index contributed by atoms with van der Waals surface area (Å²) in [5.41, 5.74) is 0.717. The minimum atomic E-state index is -0.263. The molecule has 0 saturated carbocycles. The highest BCUT2D eigenvalue weighted by Gasteiger charge is 2.27. The van der Waals surface area contributed by atoms with E-state index in [1.54, 1.807) is 7.05 Å². The van der Waals surface area contributed by atoms with Gasteiger partial charge in [-0.25, -0.2) is 0 Å². The van der Waals surface area contributed by atoms with Crippen molar-refractivity contribution < 1.29 is 4.79 Å². The zero-order valence-corrected chi connectivity index (χ0v) is 10.6. The molecule has 0 aromatic heterocycles. The first kappa shape index (κ1) is 13.3. The summed E-state index contributed by atoms with van der Waals surface area (Å²) in [5, 5.41) is 0. The van der Waals surface area contributed by atoms with Gasteiger partial charge in [-0.2, -0.15) is 0 Å². The zero-order valence-electron chi connectivity index (χ0n) is 10.6. The van der Waals surface area contributed by atoms with Gasteiger partial charge in [0.2, 0.25) is 0 Å². The minimum Gasteiger partial charge on any atom is -0.299 e. The lowest BCUT2D eigenvalue weighted by atomic mass is 9.81. The number of hydrogen-bond acceptors (Lipinski definition) is 2. The molecular formula is C12H23NO. The SMILES string of the molecule is CN=C(CC(=O)C(C)(C)C)C(C)(C)C. The molecule has 0 aliphatic heterocycles. The van der Waals surface area contributed by atoms with Crippen LogP contribution in [0.15, 0.2) is 4.99 Å². The van der Waals surface area contributed by atoms with Gasteiger partial charge in [-0.1, -0.05) is 41.5 Å². The Kier molecular flexibility index (Phi) is 4.04. The van der Waals surface area contributed by atoms with Crippen molar-refractivity contribution in [3.63, 3.8) is 0 Å². The number of rotatable bonds is 2. The second-order valence-electron chi connectivity index (χ2n) is 5.77. The average molecular weight is 197 g/mol. The van der Waals surface area contributed by atoms with Crippen molar-refractivity contribution in [1.82, 2.24) is 0 Å². The fourth-order valence-electron chi connectivity index (χ4n) is 1.10. The van der Waals surface area contributed by atoms with Crippen LogP contribution in [0.3, 0.4) is 0 Å². The zero-order chi connectivity index (χ0) is 11.6. The van der Waals surface area contributed by atoms with E-state index in [1.165, 1.54) is 0 Å². The molecule has 0 aromatic rings. The van der Waals surface area contributed by atoms with Gasteiger partial charge in [-0.3, -0.25) is 9.79 Å². The molecule has 0 heterocycles. The van der Waals surface area contributed by atoms with Gasteiger partial charge in [0.15, 0.2) is 0 Å². The van der Waals surface area contributed by atoms with E-state index in [9.17, 15) is 4.79 Å². The van der Waals surface area contributed by atoms with Gasteiger partial charge in [0.25, 0.3) is 0 Å². The Morgan fingerprint density at radius 2 is 1.43 bits per heavy atom. The van der Waals surface area contributed by atoms with Gasteiger partial charge in [0.1, 0.15) is 5.78 Å². The molecule has 2 nitrogen and oxygen atoms in total. The van der Waals surface area contributed by atoms with Crippen molar-refractivity contribution in [3.05, 3.63) is 0 Å². The summed E-state index contributed by atoms with van der Waals surface area (Å²) < 4.78 is 0. The molecule has 0 bridgehead atoms. The van der Waals surface area contributed by atoms with E-state index in [0.717, 1.165) is 5.71 Å². The maximum absolute atomic E-state index is 11.8. The van der Waals surface area contributed by atoms with E-state index < -0.39 is 0 Å². The molecule has 0 radical (unpaired) electrons. The standard InChI is InChI=1S/C12H23NO/c1-11(2,3)9(13-7)8-10(14)12(4,5)6/h8H2,1-7H3. The lowest BCUT2D eigenvalue weighted by Crippen LogP contribution is -2.29. The van der Waals surface area contributed by atoms with E-state index in [-0.39, 0.29) is 16.6 Å². The molecule has 0 N–H and O–H groups in total. The van der Waals surface area contributed by atoms with E-state index >= 15 is 0 Å². The monoisotopic (exact) mass is 197 g/mol. The molecule has 0 aromatic carbocycles. The van der Waals surface area contributed by atoms with Gasteiger partial charge in [-0.05, 0) is 0 Å². The van der Waals surface area contributed by atoms with Crippen LogP contribution in [0.5, 0.6) is 0 Å². The second kappa shape index (κ2) is 4.24. The Morgan fingerprint density at radius 3 is 1.64 bits per heavy atom. The fourth-order valence-corrected chi connectivity index (χ4v) is 1.10. The summed E-state index contributed by atoms with van der Waals surface area (Å²) >= 11 is 0. The van der Waals surface area contributed by atoms with Crippen LogP contribution >= 0.6 is 0 Å². The predicted octanol–water partition coefficient (Wildman–Crippen LogP) is 3.11. The number of hydrogen-bond donors (Lipinski definition) is 0. The molecule has 0 atom stereocenters. The summed E-state index contributed by atoms with van der Waals surface area (Å²) in [7, 11) is 1.76. The Hall–Kier alpha value is -0.660. The Bertz CT molecular complexity index is 238. The molecular weight excluding hydrogens is 174 g/mol. The molecule has 0 amide bonds. The topological polar surface area (TPSA) is 29.4 Å². The normalized spacial score (nSPS) is 14.4. The molecule has 0 aliphatic carbocycles. The van der Waals surface area contributed by atoms with Crippen molar-refractivity contribution in [2.24, 2.45) is 15.8 Å². The van der Waals surface area contributed by atoms with Crippen LogP contribution in [0.2, 0.25) is 0 Å². The average Bonchev–Trinajstić information content (AvgIpc) is 1.95. The molecule has 0 rings (SSSR count). The number of aliphatic imine (C=N–C) groups is 1. The maximum atomic E-state index is 11.8. The molecule has 0 aliphatic rings. The highest BCUT2D eigenvalue weighted by molar-refractivity contribution is 6.05. The van der Waals surface area contributed by atoms with Crippen molar-refractivity contribution in [3.8, 4) is 0 Å². The van der Waals surface area contributed by atoms with Gasteiger partial charge < -0.3 is 0 Å². The van der Waals surface area contributed by atoms with Crippen molar-refractivity contribution in [2.45, 2.75) is 48.0 Å². The van der Waals surface area contributed by atoms with Crippen LogP contribution in [-0.4, -0.2) is 18.5 Å². The Balaban J connectivity index is 4.61. The summed E-state index contributed by atoms with van der Waals surface area (Å²) in [6.07, 6.45) is 0.476. The molecule has 82 valence electrons. The first-order valence-electron chi connectivity index (χ1n) is 5.08. The molecule has 0 fully saturated rings. The van der Waals surface area contributed by atoms with Crippen molar-refractivity contribution >= 4 is 11.5 Å². The van der Waals surface area contributed by atoms with Crippen molar-refractivity contribution in [2.75, 3.05) is 7.05 Å². The third kappa shape index (κ3) is 4.03. The highest BCUT2D eigenvalue weighted by Crippen LogP contribution is 2.23. The van der Waals surface area contributed by atoms with Crippen LogP contribution in [0, 0.1) is 10.8 Å². The van der Waals surface area contributed by atoms with Gasteiger partial charge in [-0.15, -0.1) is 0 Å². The molecule has 0 spiro atoms. The number of Topliss-reactive ketones (excluding diaryl/α,β-unsaturated/α-hetero) is 1. The van der Waals surface area contributed by atoms with Gasteiger partial charge in [0, 0.05) is 30.0 Å². The molecule has 0 unspecified atom stereocenters. The smallest absolute Gasteiger partial charge is 0.143 e. The first-order chi connectivity index (χ1) is 6.09. The van der Waals surface area contributed by atoms with E-state index in [0.29, 0.717) is 6.42 Å². The van der Waals surface area contributed by atoms with E-state index in [2.05, 4.69) is 25.8 Å². The number of ketones is 1. The predicted molar refractivity (Wildman–Crippen MR) is 61.9 cm³/mol. The molecule has 0 saturated heterocycles. The highest BCUT2D eigenvalue weighted by atomic mass is 16.1. The maximum Gasteiger partial charge on any atom is 0.143 e. The third-order valence-electron chi connectivity index (χ3n) is 2.30. The van der Waals surface area contributed by atoms with Crippen LogP contribution in [0.25, 0.3) is 0 Å². The van der Waals surface area contributed by atoms with Crippen molar-refractivity contribution in [1.29, 1.82) is 0 Å². The van der Waals surface area contributed by atoms with Crippen LogP contribution in [0.1, 0.15) is 48.0 Å². The minimum absolute atomic E-state index is 0.00431. The van der Waals surface area contributed by atoms with Crippen LogP contribution < -0.4 is 0 Å². The van der Waals surface area contributed by atoms with E-state index in [1.807, 2.05) is 20.8 Å². The number of nitrogens with zero attached hydrogens (tertiary/aromatic N) is 1. The summed E-state index contributed by atoms with van der Waals surface area (Å²) in [5.74, 6) is 0.257. The summed E-state index contributed by atoms with van der Waals surface area (Å²) in [6, 6.07) is 0. The van der Waals surface area contributed by atoms with Crippen LogP contribution in [0.4, 0.5) is 0 Å². The van der Waals surface area contributed by atoms with Crippen LogP contribution in [-0.2, 0) is 4.79 Å². The largest absolute Gasteiger partial charge is 0.299 e. The second-order valence-corrected chi connectivity index (χ2v) is 5.77.